The second kappa shape index (κ2) is 6.25. The zero-order valence-corrected chi connectivity index (χ0v) is 10.6. The maximum Gasteiger partial charge on any atom is 0.237 e. The highest BCUT2D eigenvalue weighted by molar-refractivity contribution is 5.81. The molecule has 1 amide bonds. The van der Waals surface area contributed by atoms with Gasteiger partial charge in [-0.05, 0) is 23.6 Å². The van der Waals surface area contributed by atoms with Gasteiger partial charge in [0.2, 0.25) is 5.91 Å². The predicted molar refractivity (Wildman–Crippen MR) is 67.7 cm³/mol. The van der Waals surface area contributed by atoms with Gasteiger partial charge in [-0.1, -0.05) is 26.0 Å². The van der Waals surface area contributed by atoms with Crippen LogP contribution in [0.2, 0.25) is 0 Å². The summed E-state index contributed by atoms with van der Waals surface area (Å²) in [6.07, 6.45) is 0. The van der Waals surface area contributed by atoms with E-state index in [4.69, 9.17) is 10.5 Å². The van der Waals surface area contributed by atoms with Gasteiger partial charge in [-0.2, -0.15) is 0 Å². The summed E-state index contributed by atoms with van der Waals surface area (Å²) >= 11 is 0. The van der Waals surface area contributed by atoms with Crippen LogP contribution < -0.4 is 15.8 Å². The summed E-state index contributed by atoms with van der Waals surface area (Å²) in [5, 5.41) is 2.81. The quantitative estimate of drug-likeness (QED) is 0.809. The fourth-order valence-corrected chi connectivity index (χ4v) is 1.35. The van der Waals surface area contributed by atoms with E-state index >= 15 is 0 Å². The number of methoxy groups -OCH3 is 1. The van der Waals surface area contributed by atoms with Gasteiger partial charge >= 0.3 is 0 Å². The molecule has 0 heterocycles. The number of rotatable bonds is 5. The van der Waals surface area contributed by atoms with Crippen LogP contribution in [0.15, 0.2) is 24.3 Å². The Labute approximate surface area is 102 Å². The molecular formula is C13H20N2O2. The van der Waals surface area contributed by atoms with Gasteiger partial charge in [-0.3, -0.25) is 4.79 Å². The first-order valence-electron chi connectivity index (χ1n) is 5.71. The van der Waals surface area contributed by atoms with Gasteiger partial charge in [0.15, 0.2) is 0 Å². The molecule has 0 saturated heterocycles. The van der Waals surface area contributed by atoms with Gasteiger partial charge in [-0.15, -0.1) is 0 Å². The number of ether oxygens (including phenoxy) is 1. The van der Waals surface area contributed by atoms with Crippen LogP contribution in [0.4, 0.5) is 0 Å². The Morgan fingerprint density at radius 1 is 1.35 bits per heavy atom. The van der Waals surface area contributed by atoms with Crippen molar-refractivity contribution in [3.63, 3.8) is 0 Å². The highest BCUT2D eigenvalue weighted by Gasteiger charge is 2.16. The zero-order chi connectivity index (χ0) is 12.8. The molecule has 1 aromatic carbocycles. The van der Waals surface area contributed by atoms with E-state index in [1.807, 2.05) is 38.1 Å². The molecule has 0 bridgehead atoms. The monoisotopic (exact) mass is 236 g/mol. The van der Waals surface area contributed by atoms with Gasteiger partial charge < -0.3 is 15.8 Å². The average molecular weight is 236 g/mol. The van der Waals surface area contributed by atoms with Gasteiger partial charge in [0, 0.05) is 6.54 Å². The zero-order valence-electron chi connectivity index (χ0n) is 10.6. The van der Waals surface area contributed by atoms with Crippen molar-refractivity contribution in [1.82, 2.24) is 5.32 Å². The number of amides is 1. The van der Waals surface area contributed by atoms with Crippen LogP contribution in [-0.2, 0) is 11.3 Å². The highest BCUT2D eigenvalue weighted by Crippen LogP contribution is 2.11. The summed E-state index contributed by atoms with van der Waals surface area (Å²) in [7, 11) is 1.62. The van der Waals surface area contributed by atoms with Gasteiger partial charge in [0.25, 0.3) is 0 Å². The van der Waals surface area contributed by atoms with Crippen molar-refractivity contribution < 1.29 is 9.53 Å². The number of benzene rings is 1. The summed E-state index contributed by atoms with van der Waals surface area (Å²) < 4.78 is 5.06. The van der Waals surface area contributed by atoms with E-state index in [0.29, 0.717) is 6.54 Å². The lowest BCUT2D eigenvalue weighted by molar-refractivity contribution is -0.123. The van der Waals surface area contributed by atoms with Crippen LogP contribution >= 0.6 is 0 Å². The Morgan fingerprint density at radius 3 is 2.41 bits per heavy atom. The van der Waals surface area contributed by atoms with E-state index in [-0.39, 0.29) is 11.8 Å². The molecule has 1 rings (SSSR count). The molecule has 1 atom stereocenters. The van der Waals surface area contributed by atoms with Gasteiger partial charge in [-0.25, -0.2) is 0 Å². The molecule has 0 aliphatic carbocycles. The lowest BCUT2D eigenvalue weighted by Crippen LogP contribution is -2.43. The number of hydrogen-bond acceptors (Lipinski definition) is 3. The maximum atomic E-state index is 11.6. The van der Waals surface area contributed by atoms with Gasteiger partial charge in [0.05, 0.1) is 13.2 Å². The average Bonchev–Trinajstić information content (AvgIpc) is 2.35. The summed E-state index contributed by atoms with van der Waals surface area (Å²) in [6.45, 7) is 4.35. The summed E-state index contributed by atoms with van der Waals surface area (Å²) in [5.41, 5.74) is 6.76. The SMILES string of the molecule is COc1ccc(CNC(=O)C(N)C(C)C)cc1. The fourth-order valence-electron chi connectivity index (χ4n) is 1.35. The van der Waals surface area contributed by atoms with Crippen LogP contribution in [0.5, 0.6) is 5.75 Å². The predicted octanol–water partition coefficient (Wildman–Crippen LogP) is 1.29. The second-order valence-electron chi connectivity index (χ2n) is 4.34. The maximum absolute atomic E-state index is 11.6. The van der Waals surface area contributed by atoms with Crippen molar-refractivity contribution in [1.29, 1.82) is 0 Å². The normalized spacial score (nSPS) is 12.3. The van der Waals surface area contributed by atoms with Crippen LogP contribution in [0.1, 0.15) is 19.4 Å². The smallest absolute Gasteiger partial charge is 0.237 e. The van der Waals surface area contributed by atoms with Crippen molar-refractivity contribution in [2.45, 2.75) is 26.4 Å². The van der Waals surface area contributed by atoms with E-state index in [1.165, 1.54) is 0 Å². The third kappa shape index (κ3) is 4.07. The molecule has 4 heteroatoms. The number of nitrogens with one attached hydrogen (secondary N) is 1. The molecule has 0 aromatic heterocycles. The Bertz CT molecular complexity index is 360. The van der Waals surface area contributed by atoms with E-state index in [1.54, 1.807) is 7.11 Å². The number of nitrogens with two attached hydrogens (primary N) is 1. The molecule has 1 aromatic rings. The van der Waals surface area contributed by atoms with Crippen LogP contribution in [0.25, 0.3) is 0 Å². The van der Waals surface area contributed by atoms with Crippen molar-refractivity contribution in [2.24, 2.45) is 11.7 Å². The highest BCUT2D eigenvalue weighted by atomic mass is 16.5. The third-order valence-corrected chi connectivity index (χ3v) is 2.65. The van der Waals surface area contributed by atoms with Crippen molar-refractivity contribution in [2.75, 3.05) is 7.11 Å². The summed E-state index contributed by atoms with van der Waals surface area (Å²) in [6, 6.07) is 7.11. The van der Waals surface area contributed by atoms with E-state index in [2.05, 4.69) is 5.32 Å². The Morgan fingerprint density at radius 2 is 1.94 bits per heavy atom. The summed E-state index contributed by atoms with van der Waals surface area (Å²) in [5.74, 6) is 0.834. The standard InChI is InChI=1S/C13H20N2O2/c1-9(2)12(14)13(16)15-8-10-4-6-11(17-3)7-5-10/h4-7,9,12H,8,14H2,1-3H3,(H,15,16). The van der Waals surface area contributed by atoms with Gasteiger partial charge in [0.1, 0.15) is 5.75 Å². The minimum atomic E-state index is -0.451. The molecule has 94 valence electrons. The van der Waals surface area contributed by atoms with E-state index < -0.39 is 6.04 Å². The van der Waals surface area contributed by atoms with Crippen LogP contribution in [-0.4, -0.2) is 19.1 Å². The minimum Gasteiger partial charge on any atom is -0.497 e. The van der Waals surface area contributed by atoms with Crippen molar-refractivity contribution in [3.05, 3.63) is 29.8 Å². The third-order valence-electron chi connectivity index (χ3n) is 2.65. The van der Waals surface area contributed by atoms with Crippen LogP contribution in [0.3, 0.4) is 0 Å². The molecule has 0 spiro atoms. The Hall–Kier alpha value is -1.55. The summed E-state index contributed by atoms with van der Waals surface area (Å²) in [4.78, 5) is 11.6. The van der Waals surface area contributed by atoms with E-state index in [9.17, 15) is 4.79 Å². The van der Waals surface area contributed by atoms with E-state index in [0.717, 1.165) is 11.3 Å². The van der Waals surface area contributed by atoms with Crippen LogP contribution in [0, 0.1) is 5.92 Å². The lowest BCUT2D eigenvalue weighted by atomic mass is 10.0. The topological polar surface area (TPSA) is 64.3 Å². The number of carbonyl (C=O) groups excluding carboxylic acids is 1. The molecule has 3 N–H and O–H groups in total. The molecule has 0 radical (unpaired) electrons. The van der Waals surface area contributed by atoms with Crippen molar-refractivity contribution >= 4 is 5.91 Å². The van der Waals surface area contributed by atoms with Crippen molar-refractivity contribution in [3.8, 4) is 5.75 Å². The lowest BCUT2D eigenvalue weighted by Gasteiger charge is -2.15. The molecule has 0 aliphatic rings. The first-order chi connectivity index (χ1) is 8.04. The molecule has 4 nitrogen and oxygen atoms in total. The molecule has 17 heavy (non-hydrogen) atoms. The molecule has 0 saturated carbocycles. The molecule has 0 aliphatic heterocycles. The Kier molecular flexibility index (Phi) is 4.97. The number of hydrogen-bond donors (Lipinski definition) is 2. The molecule has 0 fully saturated rings. The molecule has 1 unspecified atom stereocenters. The second-order valence-corrected chi connectivity index (χ2v) is 4.34. The minimum absolute atomic E-state index is 0.115. The largest absolute Gasteiger partial charge is 0.497 e. The first-order valence-corrected chi connectivity index (χ1v) is 5.71. The fraction of sp³-hybridized carbons (Fsp3) is 0.462. The first kappa shape index (κ1) is 13.5. The number of carbonyl (C=O) groups is 1. The molecular weight excluding hydrogens is 216 g/mol. The Balaban J connectivity index is 2.47.